The van der Waals surface area contributed by atoms with Crippen molar-refractivity contribution in [3.05, 3.63) is 34.7 Å². The van der Waals surface area contributed by atoms with E-state index in [1.807, 2.05) is 9.80 Å². The van der Waals surface area contributed by atoms with Crippen LogP contribution in [0.3, 0.4) is 0 Å². The van der Waals surface area contributed by atoms with Crippen LogP contribution in [0.15, 0.2) is 29.2 Å². The molecule has 1 saturated carbocycles. The van der Waals surface area contributed by atoms with Crippen LogP contribution in [0.2, 0.25) is 0 Å². The Bertz CT molecular complexity index is 708. The molecule has 6 heteroatoms. The average Bonchev–Trinajstić information content (AvgIpc) is 3.43. The number of nitrogens with zero attached hydrogens (tertiary/aromatic N) is 3. The molecule has 6 nitrogen and oxygen atoms in total. The summed E-state index contributed by atoms with van der Waals surface area (Å²) in [7, 11) is 0. The number of carbonyl (C=O) groups is 2. The summed E-state index contributed by atoms with van der Waals surface area (Å²) in [5, 5.41) is 0. The lowest BCUT2D eigenvalue weighted by Gasteiger charge is -2.34. The average molecular weight is 359 g/mol. The van der Waals surface area contributed by atoms with Crippen LogP contribution in [0, 0.1) is 11.8 Å². The summed E-state index contributed by atoms with van der Waals surface area (Å²) in [6.45, 7) is 6.53. The summed E-state index contributed by atoms with van der Waals surface area (Å²) in [6.07, 6.45) is 4.81. The van der Waals surface area contributed by atoms with Crippen molar-refractivity contribution in [2.24, 2.45) is 11.8 Å². The zero-order valence-electron chi connectivity index (χ0n) is 15.8. The predicted molar refractivity (Wildman–Crippen MR) is 99.6 cm³/mol. The minimum atomic E-state index is -0.0954. The molecule has 2 amide bonds. The van der Waals surface area contributed by atoms with Crippen molar-refractivity contribution in [1.29, 1.82) is 0 Å². The SMILES string of the molecule is CC(C)[C@@H]1CN(C(=O)CCn2ccccc2=O)CCC(=O)N1CC1CC1. The van der Waals surface area contributed by atoms with Gasteiger partial charge in [-0.05, 0) is 30.7 Å². The van der Waals surface area contributed by atoms with Gasteiger partial charge in [-0.1, -0.05) is 19.9 Å². The van der Waals surface area contributed by atoms with Gasteiger partial charge in [0.1, 0.15) is 0 Å². The molecule has 0 spiro atoms. The number of hydrogen-bond acceptors (Lipinski definition) is 3. The van der Waals surface area contributed by atoms with E-state index >= 15 is 0 Å². The Labute approximate surface area is 154 Å². The lowest BCUT2D eigenvalue weighted by Crippen LogP contribution is -2.48. The molecule has 1 aliphatic carbocycles. The summed E-state index contributed by atoms with van der Waals surface area (Å²) >= 11 is 0. The van der Waals surface area contributed by atoms with Crippen LogP contribution in [0.4, 0.5) is 0 Å². The molecule has 2 aliphatic rings. The van der Waals surface area contributed by atoms with Crippen LogP contribution in [0.1, 0.15) is 39.5 Å². The molecule has 1 saturated heterocycles. The first kappa shape index (κ1) is 18.7. The number of pyridine rings is 1. The van der Waals surface area contributed by atoms with Gasteiger partial charge in [0.05, 0.1) is 6.04 Å². The van der Waals surface area contributed by atoms with E-state index < -0.39 is 0 Å². The van der Waals surface area contributed by atoms with Crippen LogP contribution in [0.25, 0.3) is 0 Å². The smallest absolute Gasteiger partial charge is 0.250 e. The van der Waals surface area contributed by atoms with Gasteiger partial charge < -0.3 is 14.4 Å². The number of aromatic nitrogens is 1. The van der Waals surface area contributed by atoms with Gasteiger partial charge in [-0.25, -0.2) is 0 Å². The maximum atomic E-state index is 12.7. The van der Waals surface area contributed by atoms with E-state index in [4.69, 9.17) is 0 Å². The van der Waals surface area contributed by atoms with Crippen molar-refractivity contribution in [2.45, 2.75) is 52.1 Å². The highest BCUT2D eigenvalue weighted by molar-refractivity contribution is 5.80. The fraction of sp³-hybridized carbons (Fsp3) is 0.650. The Kier molecular flexibility index (Phi) is 5.79. The van der Waals surface area contributed by atoms with E-state index in [1.54, 1.807) is 22.9 Å². The van der Waals surface area contributed by atoms with Crippen molar-refractivity contribution in [2.75, 3.05) is 19.6 Å². The third-order valence-corrected chi connectivity index (χ3v) is 5.46. The Morgan fingerprint density at radius 1 is 1.23 bits per heavy atom. The highest BCUT2D eigenvalue weighted by atomic mass is 16.2. The standard InChI is InChI=1S/C20H29N3O3/c1-15(2)17-14-22(12-9-20(26)23(17)13-16-6-7-16)19(25)8-11-21-10-4-3-5-18(21)24/h3-5,10,15-17H,6-9,11-14H2,1-2H3/t17-/m0/s1. The van der Waals surface area contributed by atoms with Gasteiger partial charge in [0.25, 0.3) is 5.56 Å². The van der Waals surface area contributed by atoms with Crippen LogP contribution in [-0.4, -0.2) is 51.9 Å². The van der Waals surface area contributed by atoms with Crippen LogP contribution < -0.4 is 5.56 Å². The van der Waals surface area contributed by atoms with Gasteiger partial charge in [0.2, 0.25) is 11.8 Å². The maximum absolute atomic E-state index is 12.7. The first-order valence-corrected chi connectivity index (χ1v) is 9.68. The minimum Gasteiger partial charge on any atom is -0.340 e. The molecule has 1 atom stereocenters. The summed E-state index contributed by atoms with van der Waals surface area (Å²) < 4.78 is 1.56. The number of hydrogen-bond donors (Lipinski definition) is 0. The molecule has 2 heterocycles. The zero-order valence-corrected chi connectivity index (χ0v) is 15.8. The molecule has 2 fully saturated rings. The molecule has 142 valence electrons. The molecule has 3 rings (SSSR count). The lowest BCUT2D eigenvalue weighted by molar-refractivity contribution is -0.134. The number of carbonyl (C=O) groups excluding carboxylic acids is 2. The van der Waals surface area contributed by atoms with E-state index in [-0.39, 0.29) is 29.8 Å². The van der Waals surface area contributed by atoms with Gasteiger partial charge >= 0.3 is 0 Å². The van der Waals surface area contributed by atoms with Gasteiger partial charge in [-0.3, -0.25) is 14.4 Å². The zero-order chi connectivity index (χ0) is 18.7. The molecule has 26 heavy (non-hydrogen) atoms. The summed E-state index contributed by atoms with van der Waals surface area (Å²) in [6, 6.07) is 5.07. The van der Waals surface area contributed by atoms with Crippen molar-refractivity contribution in [3.8, 4) is 0 Å². The molecule has 1 aromatic heterocycles. The maximum Gasteiger partial charge on any atom is 0.250 e. The molecule has 0 unspecified atom stereocenters. The topological polar surface area (TPSA) is 62.6 Å². The largest absolute Gasteiger partial charge is 0.340 e. The second kappa shape index (κ2) is 8.06. The molecule has 1 aliphatic heterocycles. The molecule has 0 bridgehead atoms. The Balaban J connectivity index is 1.65. The fourth-order valence-corrected chi connectivity index (χ4v) is 3.61. The van der Waals surface area contributed by atoms with Crippen LogP contribution in [0.5, 0.6) is 0 Å². The third kappa shape index (κ3) is 4.54. The predicted octanol–water partition coefficient (Wildman–Crippen LogP) is 1.73. The molecular weight excluding hydrogens is 330 g/mol. The summed E-state index contributed by atoms with van der Waals surface area (Å²) in [5.74, 6) is 1.15. The third-order valence-electron chi connectivity index (χ3n) is 5.46. The molecule has 0 radical (unpaired) electrons. The van der Waals surface area contributed by atoms with Gasteiger partial charge in [-0.15, -0.1) is 0 Å². The first-order chi connectivity index (χ1) is 12.5. The monoisotopic (exact) mass is 359 g/mol. The molecular formula is C20H29N3O3. The van der Waals surface area contributed by atoms with Gasteiger partial charge in [0, 0.05) is 51.3 Å². The molecule has 0 aromatic carbocycles. The van der Waals surface area contributed by atoms with E-state index in [2.05, 4.69) is 13.8 Å². The summed E-state index contributed by atoms with van der Waals surface area (Å²) in [4.78, 5) is 41.0. The number of rotatable bonds is 6. The first-order valence-electron chi connectivity index (χ1n) is 9.68. The van der Waals surface area contributed by atoms with Crippen molar-refractivity contribution >= 4 is 11.8 Å². The Hall–Kier alpha value is -2.11. The summed E-state index contributed by atoms with van der Waals surface area (Å²) in [5.41, 5.74) is -0.0954. The minimum absolute atomic E-state index is 0.0208. The second-order valence-electron chi connectivity index (χ2n) is 7.87. The van der Waals surface area contributed by atoms with E-state index in [0.717, 1.165) is 6.54 Å². The lowest BCUT2D eigenvalue weighted by atomic mass is 10.0. The Morgan fingerprint density at radius 2 is 2.00 bits per heavy atom. The quantitative estimate of drug-likeness (QED) is 0.777. The normalized spacial score (nSPS) is 21.2. The number of amides is 2. The van der Waals surface area contributed by atoms with Gasteiger partial charge in [-0.2, -0.15) is 0 Å². The van der Waals surface area contributed by atoms with E-state index in [1.165, 1.54) is 18.9 Å². The number of aryl methyl sites for hydroxylation is 1. The van der Waals surface area contributed by atoms with Crippen molar-refractivity contribution in [3.63, 3.8) is 0 Å². The van der Waals surface area contributed by atoms with Gasteiger partial charge in [0.15, 0.2) is 0 Å². The Morgan fingerprint density at radius 3 is 2.65 bits per heavy atom. The van der Waals surface area contributed by atoms with E-state index in [0.29, 0.717) is 37.9 Å². The highest BCUT2D eigenvalue weighted by Gasteiger charge is 2.36. The van der Waals surface area contributed by atoms with Crippen LogP contribution in [-0.2, 0) is 16.1 Å². The van der Waals surface area contributed by atoms with Crippen molar-refractivity contribution < 1.29 is 9.59 Å². The van der Waals surface area contributed by atoms with E-state index in [9.17, 15) is 14.4 Å². The van der Waals surface area contributed by atoms with Crippen molar-refractivity contribution in [1.82, 2.24) is 14.4 Å². The fourth-order valence-electron chi connectivity index (χ4n) is 3.61. The molecule has 0 N–H and O–H groups in total. The second-order valence-corrected chi connectivity index (χ2v) is 7.87. The molecule has 1 aromatic rings. The van der Waals surface area contributed by atoms with Crippen LogP contribution >= 0.6 is 0 Å². The highest BCUT2D eigenvalue weighted by Crippen LogP contribution is 2.32.